The maximum Gasteiger partial charge on any atom is 0.259 e. The van der Waals surface area contributed by atoms with Gasteiger partial charge in [0.25, 0.3) is 11.6 Å². The van der Waals surface area contributed by atoms with E-state index in [1.165, 1.54) is 25.7 Å². The van der Waals surface area contributed by atoms with Crippen molar-refractivity contribution in [2.75, 3.05) is 13.1 Å². The third kappa shape index (κ3) is 2.25. The predicted octanol–water partition coefficient (Wildman–Crippen LogP) is 3.67. The predicted molar refractivity (Wildman–Crippen MR) is 89.9 cm³/mol. The van der Waals surface area contributed by atoms with Crippen molar-refractivity contribution in [1.29, 1.82) is 0 Å². The van der Waals surface area contributed by atoms with Crippen LogP contribution >= 0.6 is 0 Å². The lowest BCUT2D eigenvalue weighted by molar-refractivity contribution is 0.0785. The molecule has 2 aliphatic carbocycles. The number of carbonyl (C=O) groups excluding carboxylic acids is 1. The van der Waals surface area contributed by atoms with Crippen LogP contribution in [-0.2, 0) is 0 Å². The summed E-state index contributed by atoms with van der Waals surface area (Å²) in [6, 6.07) is 2.01. The van der Waals surface area contributed by atoms with Crippen molar-refractivity contribution >= 4 is 17.0 Å². The molecule has 2 aromatic rings. The van der Waals surface area contributed by atoms with Gasteiger partial charge in [0.1, 0.15) is 0 Å². The molecule has 5 rings (SSSR count). The highest BCUT2D eigenvalue weighted by atomic mass is 16.5. The van der Waals surface area contributed by atoms with Crippen LogP contribution in [0.4, 0.5) is 0 Å². The molecule has 2 aromatic heterocycles. The number of aromatic nitrogens is 2. The molecule has 3 fully saturated rings. The van der Waals surface area contributed by atoms with Crippen molar-refractivity contribution in [2.45, 2.75) is 51.4 Å². The van der Waals surface area contributed by atoms with E-state index in [9.17, 15) is 4.79 Å². The van der Waals surface area contributed by atoms with Gasteiger partial charge in [-0.3, -0.25) is 4.79 Å². The second-order valence-corrected chi connectivity index (χ2v) is 7.83. The Morgan fingerprint density at radius 1 is 1.17 bits per heavy atom. The highest BCUT2D eigenvalue weighted by molar-refractivity contribution is 6.06. The normalized spacial score (nSPS) is 26.8. The van der Waals surface area contributed by atoms with Gasteiger partial charge in [0.15, 0.2) is 0 Å². The van der Waals surface area contributed by atoms with Gasteiger partial charge in [-0.2, -0.15) is 0 Å². The lowest BCUT2D eigenvalue weighted by Gasteiger charge is -2.22. The minimum Gasteiger partial charge on any atom is -0.338 e. The molecule has 1 saturated heterocycles. The summed E-state index contributed by atoms with van der Waals surface area (Å²) in [4.78, 5) is 19.9. The van der Waals surface area contributed by atoms with E-state index < -0.39 is 0 Å². The lowest BCUT2D eigenvalue weighted by Crippen LogP contribution is -2.29. The molecule has 1 aliphatic heterocycles. The summed E-state index contributed by atoms with van der Waals surface area (Å²) in [5.41, 5.74) is 3.04. The Labute approximate surface area is 141 Å². The fourth-order valence-electron chi connectivity index (χ4n) is 4.61. The molecule has 5 heteroatoms. The molecule has 0 aromatic carbocycles. The minimum atomic E-state index is 0.144. The third-order valence-corrected chi connectivity index (χ3v) is 6.13. The first kappa shape index (κ1) is 14.4. The van der Waals surface area contributed by atoms with Gasteiger partial charge in [-0.1, -0.05) is 18.0 Å². The topological polar surface area (TPSA) is 59.2 Å². The molecule has 0 N–H and O–H groups in total. The van der Waals surface area contributed by atoms with E-state index in [0.717, 1.165) is 48.3 Å². The van der Waals surface area contributed by atoms with Crippen LogP contribution in [0.5, 0.6) is 0 Å². The van der Waals surface area contributed by atoms with E-state index in [0.29, 0.717) is 23.5 Å². The van der Waals surface area contributed by atoms with Crippen LogP contribution in [-0.4, -0.2) is 34.0 Å². The van der Waals surface area contributed by atoms with Gasteiger partial charge >= 0.3 is 0 Å². The number of pyridine rings is 1. The molecule has 0 radical (unpaired) electrons. The molecule has 3 aliphatic rings. The fourth-order valence-corrected chi connectivity index (χ4v) is 4.61. The zero-order valence-corrected chi connectivity index (χ0v) is 14.1. The maximum absolute atomic E-state index is 13.3. The Bertz CT molecular complexity index is 794. The Balaban J connectivity index is 1.53. The number of amides is 1. The van der Waals surface area contributed by atoms with Crippen molar-refractivity contribution in [3.63, 3.8) is 0 Å². The number of fused-ring (bicyclic) bond motifs is 2. The van der Waals surface area contributed by atoms with Crippen LogP contribution in [0.2, 0.25) is 0 Å². The van der Waals surface area contributed by atoms with E-state index in [-0.39, 0.29) is 5.91 Å². The van der Waals surface area contributed by atoms with Gasteiger partial charge in [0, 0.05) is 24.7 Å². The van der Waals surface area contributed by atoms with Gasteiger partial charge < -0.3 is 9.42 Å². The number of likely N-dealkylation sites (tertiary alicyclic amines) is 1. The van der Waals surface area contributed by atoms with Gasteiger partial charge in [-0.15, -0.1) is 0 Å². The molecule has 24 heavy (non-hydrogen) atoms. The molecule has 2 atom stereocenters. The van der Waals surface area contributed by atoms with Gasteiger partial charge in [0.2, 0.25) is 0 Å². The van der Waals surface area contributed by atoms with E-state index in [1.54, 1.807) is 0 Å². The highest BCUT2D eigenvalue weighted by Crippen LogP contribution is 2.41. The van der Waals surface area contributed by atoms with Crippen LogP contribution in [0.3, 0.4) is 0 Å². The number of hydrogen-bond donors (Lipinski definition) is 0. The van der Waals surface area contributed by atoms with Crippen molar-refractivity contribution in [1.82, 2.24) is 15.0 Å². The molecule has 1 amide bonds. The Morgan fingerprint density at radius 3 is 2.54 bits per heavy atom. The summed E-state index contributed by atoms with van der Waals surface area (Å²) in [5, 5.41) is 4.86. The molecule has 126 valence electrons. The van der Waals surface area contributed by atoms with Crippen LogP contribution in [0.15, 0.2) is 10.6 Å². The molecule has 2 saturated carbocycles. The van der Waals surface area contributed by atoms with E-state index in [1.807, 2.05) is 13.0 Å². The van der Waals surface area contributed by atoms with Crippen LogP contribution in [0.1, 0.15) is 66.2 Å². The number of nitrogens with zero attached hydrogens (tertiary/aromatic N) is 3. The summed E-state index contributed by atoms with van der Waals surface area (Å²) in [5.74, 6) is 2.04. The summed E-state index contributed by atoms with van der Waals surface area (Å²) < 4.78 is 5.38. The van der Waals surface area contributed by atoms with Crippen LogP contribution < -0.4 is 0 Å². The molecule has 0 unspecified atom stereocenters. The maximum atomic E-state index is 13.3. The van der Waals surface area contributed by atoms with Gasteiger partial charge in [0.05, 0.1) is 16.6 Å². The molecule has 0 spiro atoms. The molecular formula is C19H23N3O2. The third-order valence-electron chi connectivity index (χ3n) is 6.13. The summed E-state index contributed by atoms with van der Waals surface area (Å²) in [6.45, 7) is 3.72. The van der Waals surface area contributed by atoms with E-state index in [2.05, 4.69) is 15.0 Å². The zero-order valence-electron chi connectivity index (χ0n) is 14.1. The lowest BCUT2D eigenvalue weighted by atomic mass is 9.82. The largest absolute Gasteiger partial charge is 0.338 e. The van der Waals surface area contributed by atoms with Gasteiger partial charge in [-0.25, -0.2) is 4.98 Å². The first-order valence-corrected chi connectivity index (χ1v) is 9.27. The number of hydrogen-bond acceptors (Lipinski definition) is 4. The first-order chi connectivity index (χ1) is 11.7. The van der Waals surface area contributed by atoms with E-state index in [4.69, 9.17) is 4.52 Å². The molecule has 3 heterocycles. The molecule has 0 bridgehead atoms. The highest BCUT2D eigenvalue weighted by Gasteiger charge is 2.38. The Hall–Kier alpha value is -1.91. The average molecular weight is 325 g/mol. The summed E-state index contributed by atoms with van der Waals surface area (Å²) in [6.07, 6.45) is 7.51. The average Bonchev–Trinajstić information content (AvgIpc) is 3.26. The number of rotatable bonds is 2. The Morgan fingerprint density at radius 2 is 1.88 bits per heavy atom. The first-order valence-electron chi connectivity index (χ1n) is 9.27. The number of aryl methyl sites for hydroxylation is 1. The second-order valence-electron chi connectivity index (χ2n) is 7.83. The van der Waals surface area contributed by atoms with Gasteiger partial charge in [-0.05, 0) is 50.5 Å². The van der Waals surface area contributed by atoms with Crippen molar-refractivity contribution < 1.29 is 9.32 Å². The zero-order chi connectivity index (χ0) is 16.3. The summed E-state index contributed by atoms with van der Waals surface area (Å²) >= 11 is 0. The summed E-state index contributed by atoms with van der Waals surface area (Å²) in [7, 11) is 0. The minimum absolute atomic E-state index is 0.144. The van der Waals surface area contributed by atoms with Crippen molar-refractivity contribution in [2.24, 2.45) is 11.8 Å². The van der Waals surface area contributed by atoms with Crippen LogP contribution in [0, 0.1) is 18.8 Å². The fraction of sp³-hybridized carbons (Fsp3) is 0.632. The molecular weight excluding hydrogens is 302 g/mol. The molecule has 5 nitrogen and oxygen atoms in total. The smallest absolute Gasteiger partial charge is 0.259 e. The van der Waals surface area contributed by atoms with Crippen molar-refractivity contribution in [3.05, 3.63) is 23.0 Å². The van der Waals surface area contributed by atoms with E-state index >= 15 is 0 Å². The Kier molecular flexibility index (Phi) is 3.19. The van der Waals surface area contributed by atoms with Crippen LogP contribution in [0.25, 0.3) is 11.1 Å². The SMILES string of the molecule is Cc1noc2nc(C3CC3)cc(C(=O)N3C[C@@H]4CCCC[C@H]4C3)c12. The quantitative estimate of drug-likeness (QED) is 0.845. The second kappa shape index (κ2) is 5.30. The number of carbonyl (C=O) groups is 1. The standard InChI is InChI=1S/C19H23N3O2/c1-11-17-15(8-16(12-6-7-12)20-18(17)24-21-11)19(23)22-9-13-4-2-3-5-14(13)10-22/h8,12-14H,2-7,9-10H2,1H3/t13-,14-/m0/s1. The van der Waals surface area contributed by atoms with Crippen molar-refractivity contribution in [3.8, 4) is 0 Å². The monoisotopic (exact) mass is 325 g/mol.